The Balaban J connectivity index is 2.80. The van der Waals surface area contributed by atoms with Gasteiger partial charge in [-0.05, 0) is 60.8 Å². The monoisotopic (exact) mass is 330 g/mol. The Bertz CT molecular complexity index is 414. The molecule has 0 aliphatic rings. The highest BCUT2D eigenvalue weighted by molar-refractivity contribution is 5.37. The standard InChI is InChI=1S/C24H42/c1-7-11-13-21(9-3)17-23-15-20(6)24(16-19(23)5)18-22(10-4)14-12-8-2/h15-16,21-22H,7-14,17-18H2,1-6H3. The minimum atomic E-state index is 0.863. The van der Waals surface area contributed by atoms with E-state index >= 15 is 0 Å². The summed E-state index contributed by atoms with van der Waals surface area (Å²) in [5, 5.41) is 0. The highest BCUT2D eigenvalue weighted by Crippen LogP contribution is 2.26. The van der Waals surface area contributed by atoms with E-state index in [9.17, 15) is 0 Å². The smallest absolute Gasteiger partial charge is 0.0248 e. The summed E-state index contributed by atoms with van der Waals surface area (Å²) in [7, 11) is 0. The van der Waals surface area contributed by atoms with Gasteiger partial charge in [0.25, 0.3) is 0 Å². The molecule has 0 spiro atoms. The van der Waals surface area contributed by atoms with Gasteiger partial charge in [0.2, 0.25) is 0 Å². The number of unbranched alkanes of at least 4 members (excludes halogenated alkanes) is 2. The number of rotatable bonds is 12. The van der Waals surface area contributed by atoms with E-state index in [1.165, 1.54) is 75.3 Å². The highest BCUT2D eigenvalue weighted by Gasteiger charge is 2.13. The summed E-state index contributed by atoms with van der Waals surface area (Å²) in [5.41, 5.74) is 6.24. The van der Waals surface area contributed by atoms with Crippen molar-refractivity contribution >= 4 is 0 Å². The first-order chi connectivity index (χ1) is 11.5. The first kappa shape index (κ1) is 21.3. The fourth-order valence-electron chi connectivity index (χ4n) is 3.88. The maximum atomic E-state index is 2.51. The second-order valence-corrected chi connectivity index (χ2v) is 7.95. The summed E-state index contributed by atoms with van der Waals surface area (Å²) in [6.07, 6.45) is 13.4. The van der Waals surface area contributed by atoms with E-state index in [0.717, 1.165) is 11.8 Å². The lowest BCUT2D eigenvalue weighted by Crippen LogP contribution is -2.08. The Morgan fingerprint density at radius 1 is 0.667 bits per heavy atom. The maximum absolute atomic E-state index is 2.51. The van der Waals surface area contributed by atoms with Crippen molar-refractivity contribution in [3.63, 3.8) is 0 Å². The molecule has 0 nitrogen and oxygen atoms in total. The predicted octanol–water partition coefficient (Wildman–Crippen LogP) is 7.82. The molecule has 0 fully saturated rings. The number of aryl methyl sites for hydroxylation is 2. The molecule has 0 saturated heterocycles. The van der Waals surface area contributed by atoms with Crippen LogP contribution in [-0.4, -0.2) is 0 Å². The SMILES string of the molecule is CCCCC(CC)Cc1cc(C)c(CC(CC)CCCC)cc1C. The first-order valence-corrected chi connectivity index (χ1v) is 10.6. The van der Waals surface area contributed by atoms with E-state index in [1.807, 2.05) is 0 Å². The molecule has 0 heterocycles. The summed E-state index contributed by atoms with van der Waals surface area (Å²) < 4.78 is 0. The average molecular weight is 331 g/mol. The zero-order valence-electron chi connectivity index (χ0n) is 17.4. The van der Waals surface area contributed by atoms with Crippen LogP contribution in [0.25, 0.3) is 0 Å². The van der Waals surface area contributed by atoms with Gasteiger partial charge in [-0.3, -0.25) is 0 Å². The molecule has 1 aromatic carbocycles. The zero-order chi connectivity index (χ0) is 17.9. The Morgan fingerprint density at radius 3 is 1.33 bits per heavy atom. The van der Waals surface area contributed by atoms with E-state index in [-0.39, 0.29) is 0 Å². The Labute approximate surface area is 152 Å². The lowest BCUT2D eigenvalue weighted by Gasteiger charge is -2.20. The average Bonchev–Trinajstić information content (AvgIpc) is 2.58. The lowest BCUT2D eigenvalue weighted by molar-refractivity contribution is 0.445. The highest BCUT2D eigenvalue weighted by atomic mass is 14.2. The summed E-state index contributed by atoms with van der Waals surface area (Å²) in [4.78, 5) is 0. The van der Waals surface area contributed by atoms with Crippen LogP contribution in [0.3, 0.4) is 0 Å². The molecular formula is C24H42. The Kier molecular flexibility index (Phi) is 10.4. The van der Waals surface area contributed by atoms with Crippen LogP contribution < -0.4 is 0 Å². The summed E-state index contributed by atoms with van der Waals surface area (Å²) in [6.45, 7) is 14.0. The molecule has 1 rings (SSSR count). The second kappa shape index (κ2) is 11.7. The quantitative estimate of drug-likeness (QED) is 0.366. The minimum Gasteiger partial charge on any atom is -0.0654 e. The third-order valence-electron chi connectivity index (χ3n) is 5.90. The predicted molar refractivity (Wildman–Crippen MR) is 110 cm³/mol. The Morgan fingerprint density at radius 2 is 1.04 bits per heavy atom. The van der Waals surface area contributed by atoms with Gasteiger partial charge in [-0.2, -0.15) is 0 Å². The molecule has 0 aliphatic heterocycles. The van der Waals surface area contributed by atoms with Gasteiger partial charge in [0, 0.05) is 0 Å². The number of hydrogen-bond acceptors (Lipinski definition) is 0. The van der Waals surface area contributed by atoms with E-state index in [2.05, 4.69) is 53.7 Å². The molecule has 0 radical (unpaired) electrons. The normalized spacial score (nSPS) is 13.9. The molecule has 0 heteroatoms. The van der Waals surface area contributed by atoms with Gasteiger partial charge in [-0.1, -0.05) is 91.2 Å². The van der Waals surface area contributed by atoms with Gasteiger partial charge < -0.3 is 0 Å². The van der Waals surface area contributed by atoms with E-state index < -0.39 is 0 Å². The molecule has 0 saturated carbocycles. The second-order valence-electron chi connectivity index (χ2n) is 7.95. The molecule has 1 aromatic rings. The van der Waals surface area contributed by atoms with Crippen molar-refractivity contribution in [2.75, 3.05) is 0 Å². The molecule has 24 heavy (non-hydrogen) atoms. The van der Waals surface area contributed by atoms with Crippen LogP contribution in [0.2, 0.25) is 0 Å². The van der Waals surface area contributed by atoms with Gasteiger partial charge in [0.1, 0.15) is 0 Å². The lowest BCUT2D eigenvalue weighted by atomic mass is 9.85. The van der Waals surface area contributed by atoms with Gasteiger partial charge >= 0.3 is 0 Å². The van der Waals surface area contributed by atoms with Crippen LogP contribution in [0.4, 0.5) is 0 Å². The van der Waals surface area contributed by atoms with E-state index in [0.29, 0.717) is 0 Å². The van der Waals surface area contributed by atoms with E-state index in [4.69, 9.17) is 0 Å². The van der Waals surface area contributed by atoms with Crippen LogP contribution in [0, 0.1) is 25.7 Å². The van der Waals surface area contributed by atoms with E-state index in [1.54, 1.807) is 11.1 Å². The van der Waals surface area contributed by atoms with Gasteiger partial charge in [0.05, 0.1) is 0 Å². The molecule has 0 bridgehead atoms. The van der Waals surface area contributed by atoms with Crippen molar-refractivity contribution in [2.24, 2.45) is 11.8 Å². The van der Waals surface area contributed by atoms with Crippen LogP contribution in [0.5, 0.6) is 0 Å². The van der Waals surface area contributed by atoms with Crippen LogP contribution in [-0.2, 0) is 12.8 Å². The summed E-state index contributed by atoms with van der Waals surface area (Å²) >= 11 is 0. The molecule has 0 aliphatic carbocycles. The third-order valence-corrected chi connectivity index (χ3v) is 5.90. The third kappa shape index (κ3) is 6.99. The van der Waals surface area contributed by atoms with Crippen molar-refractivity contribution in [1.82, 2.24) is 0 Å². The van der Waals surface area contributed by atoms with Crippen LogP contribution in [0.1, 0.15) is 101 Å². The van der Waals surface area contributed by atoms with Crippen molar-refractivity contribution < 1.29 is 0 Å². The topological polar surface area (TPSA) is 0 Å². The van der Waals surface area contributed by atoms with Crippen molar-refractivity contribution in [1.29, 1.82) is 0 Å². The van der Waals surface area contributed by atoms with Gasteiger partial charge in [-0.25, -0.2) is 0 Å². The largest absolute Gasteiger partial charge is 0.0654 e. The molecule has 2 atom stereocenters. The fraction of sp³-hybridized carbons (Fsp3) is 0.750. The van der Waals surface area contributed by atoms with Crippen LogP contribution >= 0.6 is 0 Å². The molecule has 2 unspecified atom stereocenters. The zero-order valence-corrected chi connectivity index (χ0v) is 17.4. The van der Waals surface area contributed by atoms with Crippen molar-refractivity contribution in [2.45, 2.75) is 106 Å². The van der Waals surface area contributed by atoms with Crippen LogP contribution in [0.15, 0.2) is 12.1 Å². The first-order valence-electron chi connectivity index (χ1n) is 10.6. The molecule has 0 amide bonds. The fourth-order valence-corrected chi connectivity index (χ4v) is 3.88. The molecule has 138 valence electrons. The molecule has 0 N–H and O–H groups in total. The summed E-state index contributed by atoms with van der Waals surface area (Å²) in [5.74, 6) is 1.73. The number of benzene rings is 1. The van der Waals surface area contributed by atoms with Gasteiger partial charge in [0.15, 0.2) is 0 Å². The van der Waals surface area contributed by atoms with Crippen molar-refractivity contribution in [3.05, 3.63) is 34.4 Å². The minimum absolute atomic E-state index is 0.863. The maximum Gasteiger partial charge on any atom is -0.0248 e. The summed E-state index contributed by atoms with van der Waals surface area (Å²) in [6, 6.07) is 5.01. The Hall–Kier alpha value is -0.780. The van der Waals surface area contributed by atoms with Gasteiger partial charge in [-0.15, -0.1) is 0 Å². The molecular weight excluding hydrogens is 288 g/mol. The number of hydrogen-bond donors (Lipinski definition) is 0. The van der Waals surface area contributed by atoms with Crippen molar-refractivity contribution in [3.8, 4) is 0 Å². The molecule has 0 aromatic heterocycles.